The molecule has 42 heavy (non-hydrogen) atoms. The Morgan fingerprint density at radius 3 is 2.69 bits per heavy atom. The summed E-state index contributed by atoms with van der Waals surface area (Å²) in [6.45, 7) is 13.6. The SMILES string of the molecule is C=C[C@]1(C)C[C@@H](OC(=O)COc2ccc3c(c2)B(O)OC3CNC(C)=O)[C@]2(C)[C@H](C)CC[C@]3(CCC(=O)[C@H]32)[C@@H](C)[C@@H]1O. The van der Waals surface area contributed by atoms with E-state index >= 15 is 0 Å². The number of esters is 1. The number of nitrogens with one attached hydrogen (secondary N) is 1. The molecule has 0 spiro atoms. The molecule has 3 fully saturated rings. The molecule has 10 heteroatoms. The fraction of sp³-hybridized carbons (Fsp3) is 0.656. The molecule has 1 aromatic carbocycles. The van der Waals surface area contributed by atoms with Gasteiger partial charge in [0.25, 0.3) is 0 Å². The number of carbonyl (C=O) groups excluding carboxylic acids is 3. The van der Waals surface area contributed by atoms with Crippen LogP contribution in [0.25, 0.3) is 0 Å². The molecule has 0 aromatic heterocycles. The van der Waals surface area contributed by atoms with Crippen LogP contribution in [0.1, 0.15) is 78.4 Å². The largest absolute Gasteiger partial charge is 0.492 e. The summed E-state index contributed by atoms with van der Waals surface area (Å²) < 4.78 is 17.6. The van der Waals surface area contributed by atoms with Gasteiger partial charge in [-0.3, -0.25) is 9.59 Å². The van der Waals surface area contributed by atoms with Crippen molar-refractivity contribution >= 4 is 30.2 Å². The summed E-state index contributed by atoms with van der Waals surface area (Å²) in [5.41, 5.74) is -0.397. The van der Waals surface area contributed by atoms with Crippen LogP contribution in [-0.4, -0.2) is 60.3 Å². The molecule has 3 saturated carbocycles. The maximum absolute atomic E-state index is 13.6. The van der Waals surface area contributed by atoms with E-state index in [4.69, 9.17) is 14.1 Å². The Morgan fingerprint density at radius 1 is 1.26 bits per heavy atom. The minimum Gasteiger partial charge on any atom is -0.482 e. The Kier molecular flexibility index (Phi) is 8.13. The van der Waals surface area contributed by atoms with Gasteiger partial charge in [0.2, 0.25) is 5.91 Å². The van der Waals surface area contributed by atoms with Crippen LogP contribution < -0.4 is 15.5 Å². The third-order valence-electron chi connectivity index (χ3n) is 11.4. The summed E-state index contributed by atoms with van der Waals surface area (Å²) in [4.78, 5) is 38.2. The van der Waals surface area contributed by atoms with E-state index in [1.807, 2.05) is 6.92 Å². The number of amides is 1. The predicted molar refractivity (Wildman–Crippen MR) is 157 cm³/mol. The average Bonchev–Trinajstić information content (AvgIpc) is 3.48. The maximum atomic E-state index is 13.6. The molecular weight excluding hydrogens is 537 g/mol. The van der Waals surface area contributed by atoms with Crippen LogP contribution in [0.15, 0.2) is 30.9 Å². The quantitative estimate of drug-likeness (QED) is 0.255. The molecule has 1 amide bonds. The van der Waals surface area contributed by atoms with Crippen LogP contribution in [0.4, 0.5) is 0 Å². The van der Waals surface area contributed by atoms with Crippen LogP contribution in [0.2, 0.25) is 0 Å². The zero-order valence-corrected chi connectivity index (χ0v) is 25.4. The van der Waals surface area contributed by atoms with Gasteiger partial charge in [-0.15, -0.1) is 6.58 Å². The lowest BCUT2D eigenvalue weighted by Crippen LogP contribution is -2.63. The van der Waals surface area contributed by atoms with Crippen molar-refractivity contribution in [3.8, 4) is 5.75 Å². The monoisotopic (exact) mass is 581 g/mol. The smallest absolute Gasteiger partial charge is 0.482 e. The topological polar surface area (TPSA) is 131 Å². The molecule has 1 heterocycles. The zero-order chi connectivity index (χ0) is 30.6. The van der Waals surface area contributed by atoms with Crippen molar-refractivity contribution in [2.24, 2.45) is 34.0 Å². The van der Waals surface area contributed by atoms with Crippen molar-refractivity contribution < 1.29 is 38.6 Å². The number of aliphatic hydroxyl groups excluding tert-OH is 1. The molecule has 228 valence electrons. The second kappa shape index (κ2) is 11.1. The van der Waals surface area contributed by atoms with Gasteiger partial charge in [-0.25, -0.2) is 4.79 Å². The molecule has 0 saturated heterocycles. The standard InChI is InChI=1S/C32H44BNO8/c1-7-30(5)15-26(31(6)18(2)10-12-32(19(3)29(30)38)13-11-24(36)28(31)32)41-27(37)17-40-21-8-9-22-23(14-21)33(39)42-25(22)16-34-20(4)35/h7-9,14,18-19,25-26,28-29,38-39H,1,10-13,15-17H2,2-6H3,(H,34,35)/t18-,19+,25?,26-,28+,29+,30-,31+,32+/m1/s1. The van der Waals surface area contributed by atoms with E-state index in [-0.39, 0.29) is 48.0 Å². The Morgan fingerprint density at radius 2 is 2.00 bits per heavy atom. The highest BCUT2D eigenvalue weighted by Gasteiger charge is 2.68. The van der Waals surface area contributed by atoms with Crippen molar-refractivity contribution in [3.05, 3.63) is 36.4 Å². The van der Waals surface area contributed by atoms with Gasteiger partial charge in [0.1, 0.15) is 17.6 Å². The highest BCUT2D eigenvalue weighted by molar-refractivity contribution is 6.61. The summed E-state index contributed by atoms with van der Waals surface area (Å²) in [5, 5.41) is 24.8. The number of Topliss-reactive ketones (excluding diaryl/α,β-unsaturated/α-hetero) is 1. The van der Waals surface area contributed by atoms with E-state index < -0.39 is 42.2 Å². The molecule has 2 bridgehead atoms. The van der Waals surface area contributed by atoms with Gasteiger partial charge in [0, 0.05) is 36.6 Å². The van der Waals surface area contributed by atoms with E-state index in [2.05, 4.69) is 32.7 Å². The fourth-order valence-electron chi connectivity index (χ4n) is 8.68. The van der Waals surface area contributed by atoms with Crippen molar-refractivity contribution in [2.75, 3.05) is 13.2 Å². The average molecular weight is 582 g/mol. The molecule has 1 aromatic rings. The lowest BCUT2D eigenvalue weighted by molar-refractivity contribution is -0.207. The number of ketones is 1. The first-order chi connectivity index (χ1) is 19.8. The van der Waals surface area contributed by atoms with E-state index in [0.29, 0.717) is 24.1 Å². The molecule has 9 nitrogen and oxygen atoms in total. The maximum Gasteiger partial charge on any atom is 0.492 e. The second-order valence-corrected chi connectivity index (χ2v) is 13.6. The van der Waals surface area contributed by atoms with Gasteiger partial charge in [-0.2, -0.15) is 0 Å². The minimum atomic E-state index is -1.17. The molecule has 4 aliphatic rings. The first-order valence-electron chi connectivity index (χ1n) is 15.1. The predicted octanol–water partition coefficient (Wildman–Crippen LogP) is 2.87. The van der Waals surface area contributed by atoms with Crippen molar-refractivity contribution in [2.45, 2.75) is 85.0 Å². The lowest BCUT2D eigenvalue weighted by atomic mass is 9.44. The van der Waals surface area contributed by atoms with E-state index in [0.717, 1.165) is 24.8 Å². The Balaban J connectivity index is 1.36. The van der Waals surface area contributed by atoms with E-state index in [1.165, 1.54) is 6.92 Å². The molecule has 0 radical (unpaired) electrons. The van der Waals surface area contributed by atoms with Crippen LogP contribution in [0.5, 0.6) is 5.75 Å². The van der Waals surface area contributed by atoms with Gasteiger partial charge in [-0.05, 0) is 66.1 Å². The fourth-order valence-corrected chi connectivity index (χ4v) is 8.68. The Bertz CT molecular complexity index is 1270. The van der Waals surface area contributed by atoms with E-state index in [1.54, 1.807) is 24.3 Å². The third kappa shape index (κ3) is 4.89. The van der Waals surface area contributed by atoms with Gasteiger partial charge in [0.05, 0.1) is 12.2 Å². The highest BCUT2D eigenvalue weighted by atomic mass is 16.6. The second-order valence-electron chi connectivity index (χ2n) is 13.6. The highest BCUT2D eigenvalue weighted by Crippen LogP contribution is 2.68. The number of ether oxygens (including phenoxy) is 2. The number of carbonyl (C=O) groups is 3. The number of hydrogen-bond donors (Lipinski definition) is 3. The summed E-state index contributed by atoms with van der Waals surface area (Å²) in [5.74, 6) is -0.439. The Hall–Kier alpha value is -2.69. The molecule has 3 N–H and O–H groups in total. The summed E-state index contributed by atoms with van der Waals surface area (Å²) in [6.07, 6.45) is 3.29. The first-order valence-corrected chi connectivity index (χ1v) is 15.1. The van der Waals surface area contributed by atoms with Crippen LogP contribution in [0.3, 0.4) is 0 Å². The molecule has 3 aliphatic carbocycles. The molecule has 9 atom stereocenters. The van der Waals surface area contributed by atoms with Gasteiger partial charge in [-0.1, -0.05) is 39.8 Å². The van der Waals surface area contributed by atoms with Crippen molar-refractivity contribution in [1.82, 2.24) is 5.32 Å². The summed E-state index contributed by atoms with van der Waals surface area (Å²) in [6, 6.07) is 5.06. The van der Waals surface area contributed by atoms with Crippen LogP contribution >= 0.6 is 0 Å². The number of hydrogen-bond acceptors (Lipinski definition) is 8. The number of fused-ring (bicyclic) bond motifs is 1. The molecule has 1 aliphatic heterocycles. The Labute approximate surface area is 248 Å². The molecule has 5 rings (SSSR count). The van der Waals surface area contributed by atoms with E-state index in [9.17, 15) is 24.5 Å². The molecule has 1 unspecified atom stereocenters. The van der Waals surface area contributed by atoms with Crippen LogP contribution in [0, 0.1) is 34.0 Å². The zero-order valence-electron chi connectivity index (χ0n) is 25.4. The van der Waals surface area contributed by atoms with Crippen molar-refractivity contribution in [1.29, 1.82) is 0 Å². The van der Waals surface area contributed by atoms with Gasteiger partial charge >= 0.3 is 13.1 Å². The number of rotatable bonds is 7. The summed E-state index contributed by atoms with van der Waals surface area (Å²) >= 11 is 0. The van der Waals surface area contributed by atoms with Crippen LogP contribution in [-0.2, 0) is 23.8 Å². The summed E-state index contributed by atoms with van der Waals surface area (Å²) in [7, 11) is -1.17. The van der Waals surface area contributed by atoms with Gasteiger partial charge < -0.3 is 29.6 Å². The normalized spacial score (nSPS) is 39.0. The minimum absolute atomic E-state index is 0.0965. The molecular formula is C32H44BNO8. The third-order valence-corrected chi connectivity index (χ3v) is 11.4. The number of aliphatic hydroxyl groups is 1. The van der Waals surface area contributed by atoms with Crippen molar-refractivity contribution in [3.63, 3.8) is 0 Å². The lowest BCUT2D eigenvalue weighted by Gasteiger charge is -2.61. The number of benzene rings is 1. The first kappa shape index (κ1) is 30.8. The van der Waals surface area contributed by atoms with Gasteiger partial charge in [0.15, 0.2) is 6.61 Å².